The Morgan fingerprint density at radius 2 is 1.61 bits per heavy atom. The second kappa shape index (κ2) is 9.01. The summed E-state index contributed by atoms with van der Waals surface area (Å²) in [7, 11) is -3.79. The van der Waals surface area contributed by atoms with E-state index in [0.29, 0.717) is 23.8 Å². The van der Waals surface area contributed by atoms with Crippen LogP contribution in [0.15, 0.2) is 41.3 Å². The van der Waals surface area contributed by atoms with Crippen LogP contribution < -0.4 is 5.32 Å². The van der Waals surface area contributed by atoms with E-state index in [9.17, 15) is 13.2 Å². The minimum Gasteiger partial charge on any atom is -0.321 e. The molecule has 5 nitrogen and oxygen atoms in total. The van der Waals surface area contributed by atoms with Gasteiger partial charge in [-0.1, -0.05) is 53.7 Å². The average Bonchev–Trinajstić information content (AvgIpc) is 2.95. The largest absolute Gasteiger partial charge is 0.321 e. The molecule has 1 fully saturated rings. The first-order valence-corrected chi connectivity index (χ1v) is 11.4. The van der Waals surface area contributed by atoms with Crippen LogP contribution in [-0.2, 0) is 10.0 Å². The zero-order chi connectivity index (χ0) is 20.3. The van der Waals surface area contributed by atoms with Gasteiger partial charge in [-0.25, -0.2) is 8.42 Å². The van der Waals surface area contributed by atoms with E-state index in [1.807, 2.05) is 0 Å². The molecular weight excluding hydrogens is 443 g/mol. The minimum absolute atomic E-state index is 0.0686. The number of sulfonamides is 1. The van der Waals surface area contributed by atoms with Gasteiger partial charge in [-0.3, -0.25) is 4.79 Å². The molecule has 1 aliphatic heterocycles. The number of nitrogens with one attached hydrogen (secondary N) is 1. The molecule has 0 atom stereocenters. The normalized spacial score (nSPS) is 15.8. The molecule has 28 heavy (non-hydrogen) atoms. The number of benzene rings is 2. The van der Waals surface area contributed by atoms with Gasteiger partial charge in [-0.15, -0.1) is 0 Å². The van der Waals surface area contributed by atoms with E-state index in [1.54, 1.807) is 18.2 Å². The lowest BCUT2D eigenvalue weighted by Crippen LogP contribution is -2.32. The van der Waals surface area contributed by atoms with Crippen molar-refractivity contribution in [2.75, 3.05) is 18.4 Å². The molecule has 0 unspecified atom stereocenters. The Balaban J connectivity index is 1.90. The molecule has 1 aliphatic rings. The molecule has 2 aromatic carbocycles. The van der Waals surface area contributed by atoms with Gasteiger partial charge in [0, 0.05) is 18.7 Å². The quantitative estimate of drug-likeness (QED) is 0.657. The number of halogens is 3. The molecule has 1 amide bonds. The molecule has 1 heterocycles. The molecule has 3 rings (SSSR count). The molecule has 1 saturated heterocycles. The Morgan fingerprint density at radius 1 is 0.929 bits per heavy atom. The van der Waals surface area contributed by atoms with Crippen LogP contribution in [0.4, 0.5) is 5.69 Å². The topological polar surface area (TPSA) is 66.5 Å². The highest BCUT2D eigenvalue weighted by molar-refractivity contribution is 7.89. The van der Waals surface area contributed by atoms with E-state index in [-0.39, 0.29) is 20.5 Å². The van der Waals surface area contributed by atoms with E-state index >= 15 is 0 Å². The zero-order valence-electron chi connectivity index (χ0n) is 14.9. The smallest absolute Gasteiger partial charge is 0.255 e. The lowest BCUT2D eigenvalue weighted by molar-refractivity contribution is 0.102. The molecule has 1 N–H and O–H groups in total. The first-order valence-electron chi connectivity index (χ1n) is 8.86. The highest BCUT2D eigenvalue weighted by atomic mass is 35.5. The zero-order valence-corrected chi connectivity index (χ0v) is 18.0. The van der Waals surface area contributed by atoms with Crippen molar-refractivity contribution in [3.8, 4) is 0 Å². The van der Waals surface area contributed by atoms with Crippen LogP contribution in [0.2, 0.25) is 15.1 Å². The summed E-state index contributed by atoms with van der Waals surface area (Å²) >= 11 is 18.2. The number of hydrogen-bond acceptors (Lipinski definition) is 3. The van der Waals surface area contributed by atoms with Gasteiger partial charge in [0.2, 0.25) is 10.0 Å². The highest BCUT2D eigenvalue weighted by Crippen LogP contribution is 2.31. The van der Waals surface area contributed by atoms with Crippen molar-refractivity contribution in [1.29, 1.82) is 0 Å². The van der Waals surface area contributed by atoms with E-state index < -0.39 is 15.9 Å². The van der Waals surface area contributed by atoms with Crippen molar-refractivity contribution >= 4 is 56.4 Å². The van der Waals surface area contributed by atoms with Crippen LogP contribution in [0, 0.1) is 0 Å². The fourth-order valence-corrected chi connectivity index (χ4v) is 5.42. The van der Waals surface area contributed by atoms with E-state index in [1.165, 1.54) is 22.5 Å². The van der Waals surface area contributed by atoms with Crippen LogP contribution in [0.5, 0.6) is 0 Å². The minimum atomic E-state index is -3.79. The molecule has 0 aromatic heterocycles. The number of anilines is 1. The molecule has 0 bridgehead atoms. The SMILES string of the molecule is O=C(Nc1cccc(Cl)c1Cl)c1ccc(Cl)c(S(=O)(=O)N2CCCCCC2)c1. The third-order valence-corrected chi connectivity index (χ3v) is 7.78. The number of rotatable bonds is 4. The van der Waals surface area contributed by atoms with Gasteiger partial charge < -0.3 is 5.32 Å². The van der Waals surface area contributed by atoms with Gasteiger partial charge in [0.25, 0.3) is 5.91 Å². The van der Waals surface area contributed by atoms with Crippen molar-refractivity contribution in [1.82, 2.24) is 4.31 Å². The Kier molecular flexibility index (Phi) is 6.89. The maximum atomic E-state index is 13.1. The van der Waals surface area contributed by atoms with Crippen molar-refractivity contribution in [3.63, 3.8) is 0 Å². The number of carbonyl (C=O) groups is 1. The molecule has 2 aromatic rings. The predicted molar refractivity (Wildman–Crippen MR) is 113 cm³/mol. The van der Waals surface area contributed by atoms with Crippen LogP contribution in [0.25, 0.3) is 0 Å². The van der Waals surface area contributed by atoms with Crippen molar-refractivity contribution < 1.29 is 13.2 Å². The molecule has 0 radical (unpaired) electrons. The monoisotopic (exact) mass is 460 g/mol. The summed E-state index contributed by atoms with van der Waals surface area (Å²) in [4.78, 5) is 12.6. The first kappa shape index (κ1) is 21.4. The first-order chi connectivity index (χ1) is 13.3. The maximum absolute atomic E-state index is 13.1. The number of hydrogen-bond donors (Lipinski definition) is 1. The summed E-state index contributed by atoms with van der Waals surface area (Å²) in [5, 5.41) is 3.25. The molecule has 0 aliphatic carbocycles. The predicted octanol–water partition coefficient (Wildman–Crippen LogP) is 5.46. The van der Waals surface area contributed by atoms with Crippen LogP contribution in [0.1, 0.15) is 36.0 Å². The molecule has 150 valence electrons. The average molecular weight is 462 g/mol. The lowest BCUT2D eigenvalue weighted by Gasteiger charge is -2.21. The summed E-state index contributed by atoms with van der Waals surface area (Å²) in [6.07, 6.45) is 3.62. The van der Waals surface area contributed by atoms with Gasteiger partial charge in [0.1, 0.15) is 4.90 Å². The van der Waals surface area contributed by atoms with Gasteiger partial charge in [0.05, 0.1) is 20.8 Å². The van der Waals surface area contributed by atoms with Crippen LogP contribution in [0.3, 0.4) is 0 Å². The third kappa shape index (κ3) is 4.63. The van der Waals surface area contributed by atoms with Crippen LogP contribution in [-0.4, -0.2) is 31.7 Å². The summed E-state index contributed by atoms with van der Waals surface area (Å²) in [6, 6.07) is 9.06. The van der Waals surface area contributed by atoms with E-state index in [0.717, 1.165) is 25.7 Å². The molecular formula is C19H19Cl3N2O3S. The van der Waals surface area contributed by atoms with E-state index in [2.05, 4.69) is 5.32 Å². The van der Waals surface area contributed by atoms with Crippen molar-refractivity contribution in [3.05, 3.63) is 57.0 Å². The van der Waals surface area contributed by atoms with Crippen LogP contribution >= 0.6 is 34.8 Å². The molecule has 0 spiro atoms. The summed E-state index contributed by atoms with van der Waals surface area (Å²) in [5.41, 5.74) is 0.500. The van der Waals surface area contributed by atoms with Gasteiger partial charge in [0.15, 0.2) is 0 Å². The fourth-order valence-electron chi connectivity index (χ4n) is 3.06. The van der Waals surface area contributed by atoms with Crippen molar-refractivity contribution in [2.24, 2.45) is 0 Å². The van der Waals surface area contributed by atoms with Crippen molar-refractivity contribution in [2.45, 2.75) is 30.6 Å². The Bertz CT molecular complexity index is 988. The van der Waals surface area contributed by atoms with Gasteiger partial charge in [-0.2, -0.15) is 4.31 Å². The second-order valence-electron chi connectivity index (χ2n) is 6.52. The standard InChI is InChI=1S/C19H19Cl3N2O3S/c20-14-9-8-13(19(25)23-16-7-5-6-15(21)18(16)22)12-17(14)28(26,27)24-10-3-1-2-4-11-24/h5-9,12H,1-4,10-11H2,(H,23,25). The summed E-state index contributed by atoms with van der Waals surface area (Å²) < 4.78 is 27.6. The van der Waals surface area contributed by atoms with E-state index in [4.69, 9.17) is 34.8 Å². The Hall–Kier alpha value is -1.31. The summed E-state index contributed by atoms with van der Waals surface area (Å²) in [5.74, 6) is -0.506. The highest BCUT2D eigenvalue weighted by Gasteiger charge is 2.28. The molecule has 0 saturated carbocycles. The maximum Gasteiger partial charge on any atom is 0.255 e. The third-order valence-electron chi connectivity index (χ3n) is 4.58. The number of carbonyl (C=O) groups excluding carboxylic acids is 1. The fraction of sp³-hybridized carbons (Fsp3) is 0.316. The Labute approximate surface area is 179 Å². The summed E-state index contributed by atoms with van der Waals surface area (Å²) in [6.45, 7) is 0.903. The number of amides is 1. The number of nitrogens with zero attached hydrogens (tertiary/aromatic N) is 1. The lowest BCUT2D eigenvalue weighted by atomic mass is 10.2. The van der Waals surface area contributed by atoms with Gasteiger partial charge in [-0.05, 0) is 43.2 Å². The van der Waals surface area contributed by atoms with Gasteiger partial charge >= 0.3 is 0 Å². The second-order valence-corrected chi connectivity index (χ2v) is 9.62. The Morgan fingerprint density at radius 3 is 2.29 bits per heavy atom. The molecule has 9 heteroatoms.